The first kappa shape index (κ1) is 23.6. The molecule has 0 amide bonds. The predicted molar refractivity (Wildman–Crippen MR) is 131 cm³/mol. The lowest BCUT2D eigenvalue weighted by Gasteiger charge is -2.30. The number of aliphatic imine (C=N–C) groups is 1. The van der Waals surface area contributed by atoms with E-state index in [2.05, 4.69) is 76.0 Å². The number of aliphatic hydroxyl groups excluding tert-OH is 1. The van der Waals surface area contributed by atoms with Gasteiger partial charge < -0.3 is 15.7 Å². The number of nitrogens with zero attached hydrogens (tertiary/aromatic N) is 2. The van der Waals surface area contributed by atoms with Crippen molar-refractivity contribution >= 4 is 29.9 Å². The van der Waals surface area contributed by atoms with Gasteiger partial charge in [-0.3, -0.25) is 9.89 Å². The van der Waals surface area contributed by atoms with E-state index in [1.54, 1.807) is 0 Å². The number of halogens is 1. The highest BCUT2D eigenvalue weighted by Gasteiger charge is 2.18. The second kappa shape index (κ2) is 12.8. The molecular formula is C23H33IN4O. The fraction of sp³-hybridized carbons (Fsp3) is 0.435. The maximum atomic E-state index is 10.5. The van der Waals surface area contributed by atoms with Crippen LogP contribution in [0.1, 0.15) is 23.6 Å². The first-order valence-electron chi connectivity index (χ1n) is 10.3. The Kier molecular flexibility index (Phi) is 10.5. The first-order valence-corrected chi connectivity index (χ1v) is 10.3. The molecule has 0 radical (unpaired) electrons. The largest absolute Gasteiger partial charge is 0.390 e. The smallest absolute Gasteiger partial charge is 0.191 e. The number of fused-ring (bicyclic) bond motifs is 1. The average molecular weight is 508 g/mol. The molecule has 3 N–H and O–H groups in total. The molecule has 5 nitrogen and oxygen atoms in total. The predicted octanol–water partition coefficient (Wildman–Crippen LogP) is 2.82. The van der Waals surface area contributed by atoms with Crippen LogP contribution in [-0.2, 0) is 19.4 Å². The molecule has 2 aromatic rings. The molecule has 0 saturated heterocycles. The molecule has 0 saturated carbocycles. The zero-order chi connectivity index (χ0) is 19.6. The normalized spacial score (nSPS) is 15.2. The van der Waals surface area contributed by atoms with Gasteiger partial charge in [-0.15, -0.1) is 24.0 Å². The minimum Gasteiger partial charge on any atom is -0.390 e. The van der Waals surface area contributed by atoms with E-state index in [9.17, 15) is 5.11 Å². The zero-order valence-corrected chi connectivity index (χ0v) is 19.5. The highest BCUT2D eigenvalue weighted by Crippen LogP contribution is 2.18. The van der Waals surface area contributed by atoms with Gasteiger partial charge in [0.2, 0.25) is 0 Å². The molecule has 158 valence electrons. The molecule has 0 aromatic heterocycles. The van der Waals surface area contributed by atoms with Crippen LogP contribution in [0.5, 0.6) is 0 Å². The summed E-state index contributed by atoms with van der Waals surface area (Å²) >= 11 is 0. The number of aliphatic hydroxyl groups is 1. The lowest BCUT2D eigenvalue weighted by atomic mass is 10.00. The van der Waals surface area contributed by atoms with E-state index in [4.69, 9.17) is 0 Å². The third-order valence-electron chi connectivity index (χ3n) is 5.03. The summed E-state index contributed by atoms with van der Waals surface area (Å²) in [4.78, 5) is 6.89. The van der Waals surface area contributed by atoms with Crippen LogP contribution in [-0.4, -0.2) is 54.8 Å². The molecule has 1 aliphatic heterocycles. The van der Waals surface area contributed by atoms with Gasteiger partial charge in [0.05, 0.1) is 12.6 Å². The molecule has 1 unspecified atom stereocenters. The van der Waals surface area contributed by atoms with Gasteiger partial charge in [-0.25, -0.2) is 0 Å². The fourth-order valence-electron chi connectivity index (χ4n) is 3.57. The second-order valence-electron chi connectivity index (χ2n) is 7.29. The molecule has 1 heterocycles. The van der Waals surface area contributed by atoms with Crippen molar-refractivity contribution < 1.29 is 5.11 Å². The van der Waals surface area contributed by atoms with Crippen LogP contribution in [0.25, 0.3) is 0 Å². The zero-order valence-electron chi connectivity index (χ0n) is 17.2. The number of hydrogen-bond acceptors (Lipinski definition) is 3. The van der Waals surface area contributed by atoms with Crippen molar-refractivity contribution in [3.8, 4) is 0 Å². The highest BCUT2D eigenvalue weighted by molar-refractivity contribution is 14.0. The van der Waals surface area contributed by atoms with Crippen LogP contribution in [0, 0.1) is 0 Å². The molecule has 1 atom stereocenters. The van der Waals surface area contributed by atoms with Crippen LogP contribution in [0.15, 0.2) is 59.6 Å². The van der Waals surface area contributed by atoms with Crippen LogP contribution >= 0.6 is 24.0 Å². The van der Waals surface area contributed by atoms with Gasteiger partial charge in [0.1, 0.15) is 0 Å². The molecule has 0 spiro atoms. The van der Waals surface area contributed by atoms with Crippen molar-refractivity contribution in [2.45, 2.75) is 32.4 Å². The van der Waals surface area contributed by atoms with Crippen molar-refractivity contribution in [1.29, 1.82) is 0 Å². The maximum absolute atomic E-state index is 10.5. The Labute approximate surface area is 191 Å². The van der Waals surface area contributed by atoms with Crippen LogP contribution in [0.3, 0.4) is 0 Å². The van der Waals surface area contributed by atoms with Crippen molar-refractivity contribution in [1.82, 2.24) is 15.5 Å². The van der Waals surface area contributed by atoms with Gasteiger partial charge in [0.15, 0.2) is 5.96 Å². The summed E-state index contributed by atoms with van der Waals surface area (Å²) in [5, 5.41) is 17.1. The number of rotatable bonds is 8. The van der Waals surface area contributed by atoms with E-state index >= 15 is 0 Å². The summed E-state index contributed by atoms with van der Waals surface area (Å²) in [6.45, 7) is 6.63. The molecule has 1 aliphatic rings. The molecule has 2 aromatic carbocycles. The Bertz CT molecular complexity index is 754. The van der Waals surface area contributed by atoms with Crippen LogP contribution in [0.4, 0.5) is 0 Å². The Morgan fingerprint density at radius 2 is 1.79 bits per heavy atom. The monoisotopic (exact) mass is 508 g/mol. The van der Waals surface area contributed by atoms with Gasteiger partial charge in [-0.05, 0) is 36.5 Å². The third-order valence-corrected chi connectivity index (χ3v) is 5.03. The maximum Gasteiger partial charge on any atom is 0.191 e. The van der Waals surface area contributed by atoms with E-state index in [-0.39, 0.29) is 24.0 Å². The Morgan fingerprint density at radius 3 is 2.55 bits per heavy atom. The lowest BCUT2D eigenvalue weighted by molar-refractivity contribution is 0.111. The number of nitrogens with one attached hydrogen (secondary N) is 2. The van der Waals surface area contributed by atoms with Gasteiger partial charge in [0, 0.05) is 32.7 Å². The van der Waals surface area contributed by atoms with Crippen molar-refractivity contribution in [2.75, 3.05) is 32.7 Å². The van der Waals surface area contributed by atoms with E-state index < -0.39 is 6.10 Å². The second-order valence-corrected chi connectivity index (χ2v) is 7.29. The number of guanidine groups is 1. The summed E-state index contributed by atoms with van der Waals surface area (Å²) in [6, 6.07) is 19.0. The quantitative estimate of drug-likeness (QED) is 0.292. The van der Waals surface area contributed by atoms with Gasteiger partial charge >= 0.3 is 0 Å². The third kappa shape index (κ3) is 7.95. The van der Waals surface area contributed by atoms with Crippen LogP contribution < -0.4 is 10.6 Å². The van der Waals surface area contributed by atoms with E-state index in [0.29, 0.717) is 13.1 Å². The fourth-order valence-corrected chi connectivity index (χ4v) is 3.57. The van der Waals surface area contributed by atoms with Gasteiger partial charge in [-0.2, -0.15) is 0 Å². The van der Waals surface area contributed by atoms with Gasteiger partial charge in [0.25, 0.3) is 0 Å². The molecule has 3 rings (SSSR count). The summed E-state index contributed by atoms with van der Waals surface area (Å²) in [6.07, 6.45) is 1.53. The Morgan fingerprint density at radius 1 is 1.07 bits per heavy atom. The SMILES string of the molecule is CCNC(=NCC(O)CN1CCc2ccccc2C1)NCCc1ccccc1.I. The molecular weight excluding hydrogens is 475 g/mol. The van der Waals surface area contributed by atoms with Crippen LogP contribution in [0.2, 0.25) is 0 Å². The number of hydrogen-bond donors (Lipinski definition) is 3. The summed E-state index contributed by atoms with van der Waals surface area (Å²) in [5.74, 6) is 0.765. The molecule has 0 fully saturated rings. The first-order chi connectivity index (χ1) is 13.7. The minimum absolute atomic E-state index is 0. The van der Waals surface area contributed by atoms with E-state index in [1.165, 1.54) is 16.7 Å². The standard InChI is InChI=1S/C23H32N4O.HI/c1-2-24-23(25-14-12-19-8-4-3-5-9-19)26-16-22(28)18-27-15-13-20-10-6-7-11-21(20)17-27;/h3-11,22,28H,2,12-18H2,1H3,(H2,24,25,26);1H. The average Bonchev–Trinajstić information content (AvgIpc) is 2.73. The molecule has 29 heavy (non-hydrogen) atoms. The molecule has 6 heteroatoms. The van der Waals surface area contributed by atoms with E-state index in [1.807, 2.05) is 6.07 Å². The summed E-state index contributed by atoms with van der Waals surface area (Å²) in [5.41, 5.74) is 4.11. The topological polar surface area (TPSA) is 59.9 Å². The molecule has 0 bridgehead atoms. The lowest BCUT2D eigenvalue weighted by Crippen LogP contribution is -2.40. The highest BCUT2D eigenvalue weighted by atomic mass is 127. The Balaban J connectivity index is 0.00000300. The van der Waals surface area contributed by atoms with Crippen molar-refractivity contribution in [2.24, 2.45) is 4.99 Å². The number of benzene rings is 2. The summed E-state index contributed by atoms with van der Waals surface area (Å²) in [7, 11) is 0. The molecule has 0 aliphatic carbocycles. The summed E-state index contributed by atoms with van der Waals surface area (Å²) < 4.78 is 0. The van der Waals surface area contributed by atoms with E-state index in [0.717, 1.165) is 45.0 Å². The van der Waals surface area contributed by atoms with Crippen molar-refractivity contribution in [3.63, 3.8) is 0 Å². The minimum atomic E-state index is -0.463. The Hall–Kier alpha value is -1.64. The van der Waals surface area contributed by atoms with Crippen molar-refractivity contribution in [3.05, 3.63) is 71.3 Å². The number of β-amino-alcohol motifs (C(OH)–C–C–N with tert-alkyl or cyclic N) is 1. The van der Waals surface area contributed by atoms with Gasteiger partial charge in [-0.1, -0.05) is 54.6 Å².